The summed E-state index contributed by atoms with van der Waals surface area (Å²) < 4.78 is 0. The molecule has 0 atom stereocenters. The Labute approximate surface area is 201 Å². The van der Waals surface area contributed by atoms with Crippen molar-refractivity contribution in [3.8, 4) is 0 Å². The minimum atomic E-state index is -2.47. The quantitative estimate of drug-likeness (QED) is 0.362. The third-order valence-corrected chi connectivity index (χ3v) is 10.8. The zero-order valence-corrected chi connectivity index (χ0v) is 19.9. The van der Waals surface area contributed by atoms with Crippen molar-refractivity contribution in [2.24, 2.45) is 0 Å². The molecule has 0 saturated heterocycles. The summed E-state index contributed by atoms with van der Waals surface area (Å²) in [4.78, 5) is 13.4. The number of carbonyl (C=O) groups excluding carboxylic acids is 1. The number of Topliss-reactive ketones (excluding diaryl/α,β-unsaturated/α-hetero) is 1. The third kappa shape index (κ3) is 3.31. The molecule has 4 aromatic rings. The van der Waals surface area contributed by atoms with Gasteiger partial charge in [0.15, 0.2) is 5.78 Å². The maximum atomic E-state index is 13.4. The molecule has 0 heterocycles. The molecule has 4 aromatic carbocycles. The first kappa shape index (κ1) is 21.9. The van der Waals surface area contributed by atoms with E-state index in [2.05, 4.69) is 79.4 Å². The molecular weight excluding hydrogens is 433 g/mol. The van der Waals surface area contributed by atoms with Gasteiger partial charge in [-0.2, -0.15) is 0 Å². The van der Waals surface area contributed by atoms with Crippen LogP contribution in [0, 0.1) is 5.41 Å². The molecule has 164 valence electrons. The lowest BCUT2D eigenvalue weighted by molar-refractivity contribution is 0.103. The summed E-state index contributed by atoms with van der Waals surface area (Å²) in [6.45, 7) is 6.52. The fourth-order valence-corrected chi connectivity index (χ4v) is 9.24. The summed E-state index contributed by atoms with van der Waals surface area (Å²) in [5, 5.41) is 13.5. The van der Waals surface area contributed by atoms with Crippen LogP contribution in [-0.4, -0.2) is 11.5 Å². The van der Waals surface area contributed by atoms with Crippen LogP contribution in [0.1, 0.15) is 22.8 Å². The molecule has 0 spiro atoms. The highest BCUT2D eigenvalue weighted by molar-refractivity contribution is 7.99. The molecule has 0 aliphatic heterocycles. The normalized spacial score (nSPS) is 13.6. The monoisotopic (exact) mass is 458 g/mol. The Hall–Kier alpha value is -3.87. The van der Waals surface area contributed by atoms with Crippen LogP contribution in [0.4, 0.5) is 0 Å². The number of rotatable bonds is 5. The molecule has 34 heavy (non-hydrogen) atoms. The van der Waals surface area contributed by atoms with Crippen LogP contribution in [-0.2, 0) is 0 Å². The molecule has 0 bridgehead atoms. The molecular formula is C31H25NOP+. The Morgan fingerprint density at radius 1 is 0.647 bits per heavy atom. The Morgan fingerprint density at radius 2 is 1.03 bits per heavy atom. The average Bonchev–Trinajstić information content (AvgIpc) is 2.90. The van der Waals surface area contributed by atoms with Crippen molar-refractivity contribution < 1.29 is 4.79 Å². The molecule has 0 saturated carbocycles. The lowest BCUT2D eigenvalue weighted by Gasteiger charge is -2.32. The maximum absolute atomic E-state index is 13.4. The lowest BCUT2D eigenvalue weighted by Crippen LogP contribution is -2.34. The zero-order valence-electron chi connectivity index (χ0n) is 19.0. The number of ketones is 1. The van der Waals surface area contributed by atoms with E-state index in [-0.39, 0.29) is 5.78 Å². The molecule has 2 nitrogen and oxygen atoms in total. The van der Waals surface area contributed by atoms with Crippen molar-refractivity contribution in [2.75, 3.05) is 0 Å². The van der Waals surface area contributed by atoms with E-state index in [4.69, 9.17) is 0 Å². The minimum absolute atomic E-state index is 0.0324. The van der Waals surface area contributed by atoms with Crippen molar-refractivity contribution in [3.63, 3.8) is 0 Å². The van der Waals surface area contributed by atoms with E-state index < -0.39 is 7.26 Å². The summed E-state index contributed by atoms with van der Waals surface area (Å²) in [7, 11) is -2.47. The van der Waals surface area contributed by atoms with Crippen LogP contribution in [0.5, 0.6) is 0 Å². The predicted molar refractivity (Wildman–Crippen MR) is 145 cm³/mol. The van der Waals surface area contributed by atoms with Gasteiger partial charge in [0, 0.05) is 22.3 Å². The minimum Gasteiger partial charge on any atom is -0.299 e. The molecule has 3 heteroatoms. The maximum Gasteiger partial charge on any atom is 0.190 e. The van der Waals surface area contributed by atoms with Gasteiger partial charge in [-0.15, -0.1) is 0 Å². The van der Waals surface area contributed by atoms with Crippen LogP contribution in [0.15, 0.2) is 138 Å². The molecule has 0 aromatic heterocycles. The van der Waals surface area contributed by atoms with Crippen molar-refractivity contribution in [1.82, 2.24) is 0 Å². The summed E-state index contributed by atoms with van der Waals surface area (Å²) in [6.07, 6.45) is 0. The number of fused-ring (bicyclic) bond motifs is 1. The van der Waals surface area contributed by atoms with E-state index in [1.807, 2.05) is 49.4 Å². The number of nitrogens with one attached hydrogen (secondary N) is 1. The SMILES string of the molecule is C=C(C1=C(C)C(=O)c2ccccc2C1=N)[P+](c1ccccc1)(c1ccccc1)c1ccccc1. The Kier molecular flexibility index (Phi) is 5.69. The number of allylic oxidation sites excluding steroid dienone is 3. The van der Waals surface area contributed by atoms with Gasteiger partial charge in [0.25, 0.3) is 0 Å². The average molecular weight is 459 g/mol. The van der Waals surface area contributed by atoms with Crippen molar-refractivity contribution in [2.45, 2.75) is 6.92 Å². The van der Waals surface area contributed by atoms with Gasteiger partial charge in [0.1, 0.15) is 28.5 Å². The van der Waals surface area contributed by atoms with Crippen LogP contribution >= 0.6 is 7.26 Å². The zero-order chi connectivity index (χ0) is 23.7. The number of benzene rings is 4. The molecule has 1 aliphatic carbocycles. The predicted octanol–water partition coefficient (Wildman–Crippen LogP) is 6.08. The fraction of sp³-hybridized carbons (Fsp3) is 0.0323. The van der Waals surface area contributed by atoms with Crippen molar-refractivity contribution in [1.29, 1.82) is 5.41 Å². The Balaban J connectivity index is 1.86. The summed E-state index contributed by atoms with van der Waals surface area (Å²) >= 11 is 0. The van der Waals surface area contributed by atoms with E-state index in [0.717, 1.165) is 21.2 Å². The molecule has 0 amide bonds. The van der Waals surface area contributed by atoms with E-state index in [9.17, 15) is 10.2 Å². The standard InChI is InChI=1S/C31H25NOP/c1-22-29(30(32)27-20-12-13-21-28(27)31(22)33)23(2)34(24-14-6-3-7-15-24,25-16-8-4-9-17-25)26-18-10-5-11-19-26/h3-21,32H,2H2,1H3/q+1. The molecule has 0 fully saturated rings. The molecule has 1 N–H and O–H groups in total. The van der Waals surface area contributed by atoms with Crippen LogP contribution in [0.25, 0.3) is 0 Å². The number of carbonyl (C=O) groups is 1. The summed E-state index contributed by atoms with van der Waals surface area (Å²) in [6, 6.07) is 38.7. The van der Waals surface area contributed by atoms with Crippen LogP contribution in [0.2, 0.25) is 0 Å². The van der Waals surface area contributed by atoms with Gasteiger partial charge in [0.2, 0.25) is 0 Å². The summed E-state index contributed by atoms with van der Waals surface area (Å²) in [5.74, 6) is -0.0324. The van der Waals surface area contributed by atoms with E-state index >= 15 is 0 Å². The smallest absolute Gasteiger partial charge is 0.190 e. The summed E-state index contributed by atoms with van der Waals surface area (Å²) in [5.41, 5.74) is 2.87. The third-order valence-electron chi connectivity index (χ3n) is 6.53. The number of hydrogen-bond donors (Lipinski definition) is 1. The highest BCUT2D eigenvalue weighted by atomic mass is 31.2. The molecule has 1 aliphatic rings. The first-order valence-electron chi connectivity index (χ1n) is 11.3. The second kappa shape index (κ2) is 8.82. The van der Waals surface area contributed by atoms with Gasteiger partial charge in [-0.3, -0.25) is 10.2 Å². The molecule has 0 unspecified atom stereocenters. The van der Waals surface area contributed by atoms with Crippen molar-refractivity contribution in [3.05, 3.63) is 149 Å². The van der Waals surface area contributed by atoms with Gasteiger partial charge in [0.05, 0.1) is 5.71 Å². The highest BCUT2D eigenvalue weighted by Crippen LogP contribution is 2.64. The largest absolute Gasteiger partial charge is 0.299 e. The van der Waals surface area contributed by atoms with Gasteiger partial charge < -0.3 is 0 Å². The lowest BCUT2D eigenvalue weighted by atomic mass is 9.84. The topological polar surface area (TPSA) is 40.9 Å². The van der Waals surface area contributed by atoms with E-state index in [1.54, 1.807) is 0 Å². The van der Waals surface area contributed by atoms with Gasteiger partial charge >= 0.3 is 0 Å². The van der Waals surface area contributed by atoms with Crippen LogP contribution in [0.3, 0.4) is 0 Å². The van der Waals surface area contributed by atoms with E-state index in [1.165, 1.54) is 0 Å². The Morgan fingerprint density at radius 3 is 1.47 bits per heavy atom. The van der Waals surface area contributed by atoms with Gasteiger partial charge in [-0.25, -0.2) is 0 Å². The van der Waals surface area contributed by atoms with Gasteiger partial charge in [-0.05, 0) is 43.3 Å². The highest BCUT2D eigenvalue weighted by Gasteiger charge is 2.51. The molecule has 5 rings (SSSR count). The van der Waals surface area contributed by atoms with Crippen molar-refractivity contribution >= 4 is 34.7 Å². The van der Waals surface area contributed by atoms with E-state index in [0.29, 0.717) is 28.0 Å². The first-order chi connectivity index (χ1) is 16.6. The number of hydrogen-bond acceptors (Lipinski definition) is 2. The van der Waals surface area contributed by atoms with Gasteiger partial charge in [-0.1, -0.05) is 85.4 Å². The Bertz CT molecular complexity index is 1340. The van der Waals surface area contributed by atoms with Crippen LogP contribution < -0.4 is 15.9 Å². The second-order valence-corrected chi connectivity index (χ2v) is 11.8. The first-order valence-corrected chi connectivity index (χ1v) is 13.1. The second-order valence-electron chi connectivity index (χ2n) is 8.37. The fourth-order valence-electron chi connectivity index (χ4n) is 4.93. The molecule has 0 radical (unpaired) electrons.